The van der Waals surface area contributed by atoms with Crippen LogP contribution in [0.4, 0.5) is 0 Å². The van der Waals surface area contributed by atoms with E-state index in [4.69, 9.17) is 4.42 Å². The molecule has 0 radical (unpaired) electrons. The predicted octanol–water partition coefficient (Wildman–Crippen LogP) is 2.25. The summed E-state index contributed by atoms with van der Waals surface area (Å²) in [7, 11) is 0. The Morgan fingerprint density at radius 3 is 2.54 bits per heavy atom. The molecule has 0 atom stereocenters. The van der Waals surface area contributed by atoms with Gasteiger partial charge in [-0.2, -0.15) is 0 Å². The molecular formula is C18H25N3O3. The molecule has 0 aliphatic carbocycles. The maximum Gasteiger partial charge on any atom is 0.253 e. The monoisotopic (exact) mass is 331 g/mol. The molecule has 2 rings (SSSR count). The first kappa shape index (κ1) is 17.8. The molecule has 0 aromatic carbocycles. The van der Waals surface area contributed by atoms with Crippen molar-refractivity contribution in [3.8, 4) is 0 Å². The summed E-state index contributed by atoms with van der Waals surface area (Å²) in [6.45, 7) is 8.99. The van der Waals surface area contributed by atoms with Crippen LogP contribution in [-0.2, 0) is 11.3 Å². The number of carbonyl (C=O) groups is 2. The van der Waals surface area contributed by atoms with Crippen molar-refractivity contribution >= 4 is 11.8 Å². The number of aryl methyl sites for hydroxylation is 1. The van der Waals surface area contributed by atoms with Gasteiger partial charge in [0.15, 0.2) is 0 Å². The molecular weight excluding hydrogens is 306 g/mol. The van der Waals surface area contributed by atoms with Gasteiger partial charge in [0.2, 0.25) is 5.91 Å². The second kappa shape index (κ2) is 7.86. The smallest absolute Gasteiger partial charge is 0.253 e. The van der Waals surface area contributed by atoms with Gasteiger partial charge in [0, 0.05) is 30.4 Å². The largest absolute Gasteiger partial charge is 0.467 e. The van der Waals surface area contributed by atoms with Gasteiger partial charge in [0.05, 0.1) is 18.4 Å². The van der Waals surface area contributed by atoms with Crippen LogP contribution in [-0.4, -0.2) is 29.5 Å². The van der Waals surface area contributed by atoms with E-state index in [1.54, 1.807) is 6.26 Å². The molecule has 0 aliphatic rings. The lowest BCUT2D eigenvalue weighted by Crippen LogP contribution is -2.36. The number of nitrogens with zero attached hydrogens (tertiary/aromatic N) is 1. The molecule has 0 saturated heterocycles. The highest BCUT2D eigenvalue weighted by Crippen LogP contribution is 2.17. The number of hydrogen-bond acceptors (Lipinski definition) is 3. The van der Waals surface area contributed by atoms with Crippen molar-refractivity contribution < 1.29 is 14.0 Å². The third-order valence-corrected chi connectivity index (χ3v) is 3.95. The van der Waals surface area contributed by atoms with Gasteiger partial charge in [0.1, 0.15) is 5.76 Å². The molecule has 2 aromatic rings. The van der Waals surface area contributed by atoms with Gasteiger partial charge in [-0.25, -0.2) is 0 Å². The molecule has 2 N–H and O–H groups in total. The minimum absolute atomic E-state index is 0.0131. The zero-order valence-corrected chi connectivity index (χ0v) is 14.7. The van der Waals surface area contributed by atoms with E-state index in [1.165, 1.54) is 0 Å². The van der Waals surface area contributed by atoms with Crippen LogP contribution in [0.1, 0.15) is 41.4 Å². The number of rotatable bonds is 7. The van der Waals surface area contributed by atoms with Crippen molar-refractivity contribution in [3.63, 3.8) is 0 Å². The summed E-state index contributed by atoms with van der Waals surface area (Å²) >= 11 is 0. The molecule has 2 aromatic heterocycles. The Morgan fingerprint density at radius 2 is 1.92 bits per heavy atom. The highest BCUT2D eigenvalue weighted by molar-refractivity contribution is 5.95. The van der Waals surface area contributed by atoms with Crippen molar-refractivity contribution in [1.29, 1.82) is 0 Å². The first-order valence-corrected chi connectivity index (χ1v) is 8.15. The molecule has 0 fully saturated rings. The Balaban J connectivity index is 1.94. The molecule has 6 heteroatoms. The van der Waals surface area contributed by atoms with Crippen molar-refractivity contribution in [1.82, 2.24) is 15.2 Å². The van der Waals surface area contributed by atoms with E-state index in [0.29, 0.717) is 25.2 Å². The fourth-order valence-electron chi connectivity index (χ4n) is 2.49. The maximum atomic E-state index is 12.4. The first-order chi connectivity index (χ1) is 11.4. The van der Waals surface area contributed by atoms with Gasteiger partial charge >= 0.3 is 0 Å². The van der Waals surface area contributed by atoms with Crippen LogP contribution in [0.5, 0.6) is 0 Å². The fourth-order valence-corrected chi connectivity index (χ4v) is 2.49. The Morgan fingerprint density at radius 1 is 1.21 bits per heavy atom. The van der Waals surface area contributed by atoms with Gasteiger partial charge in [0.25, 0.3) is 5.91 Å². The molecule has 24 heavy (non-hydrogen) atoms. The van der Waals surface area contributed by atoms with Gasteiger partial charge < -0.3 is 19.6 Å². The zero-order valence-electron chi connectivity index (χ0n) is 14.7. The Hall–Kier alpha value is -2.50. The lowest BCUT2D eigenvalue weighted by atomic mass is 10.2. The second-order valence-corrected chi connectivity index (χ2v) is 6.15. The maximum absolute atomic E-state index is 12.4. The van der Waals surface area contributed by atoms with Crippen molar-refractivity contribution in [3.05, 3.63) is 47.2 Å². The quantitative estimate of drug-likeness (QED) is 0.764. The van der Waals surface area contributed by atoms with Crippen LogP contribution in [0.15, 0.2) is 28.9 Å². The molecule has 2 amide bonds. The lowest BCUT2D eigenvalue weighted by molar-refractivity contribution is -0.123. The van der Waals surface area contributed by atoms with E-state index < -0.39 is 0 Å². The van der Waals surface area contributed by atoms with E-state index >= 15 is 0 Å². The van der Waals surface area contributed by atoms with Crippen LogP contribution in [0, 0.1) is 19.8 Å². The summed E-state index contributed by atoms with van der Waals surface area (Å²) in [5.74, 6) is 0.648. The molecule has 6 nitrogen and oxygen atoms in total. The number of hydrogen-bond donors (Lipinski definition) is 2. The highest BCUT2D eigenvalue weighted by Gasteiger charge is 2.16. The highest BCUT2D eigenvalue weighted by atomic mass is 16.3. The van der Waals surface area contributed by atoms with E-state index in [1.807, 2.05) is 50.5 Å². The number of carbonyl (C=O) groups excluding carboxylic acids is 2. The van der Waals surface area contributed by atoms with Crippen LogP contribution in [0.25, 0.3) is 0 Å². The Kier molecular flexibility index (Phi) is 5.84. The summed E-state index contributed by atoms with van der Waals surface area (Å²) in [4.78, 5) is 23.8. The second-order valence-electron chi connectivity index (χ2n) is 6.15. The third-order valence-electron chi connectivity index (χ3n) is 3.95. The number of amides is 2. The number of nitrogens with one attached hydrogen (secondary N) is 2. The third kappa shape index (κ3) is 4.28. The molecule has 0 saturated carbocycles. The molecule has 0 bridgehead atoms. The van der Waals surface area contributed by atoms with Gasteiger partial charge in [-0.3, -0.25) is 9.59 Å². The average molecular weight is 331 g/mol. The SMILES string of the molecule is Cc1cc(C(=O)NCCNC(=O)C(C)C)c(C)n1Cc1ccco1. The van der Waals surface area contributed by atoms with E-state index in [0.717, 1.165) is 17.1 Å². The molecule has 0 unspecified atom stereocenters. The minimum Gasteiger partial charge on any atom is -0.467 e. The number of aromatic nitrogens is 1. The summed E-state index contributed by atoms with van der Waals surface area (Å²) < 4.78 is 7.43. The van der Waals surface area contributed by atoms with Crippen LogP contribution < -0.4 is 10.6 Å². The average Bonchev–Trinajstić information content (AvgIpc) is 3.14. The summed E-state index contributed by atoms with van der Waals surface area (Å²) in [5.41, 5.74) is 2.55. The number of furan rings is 1. The molecule has 2 heterocycles. The van der Waals surface area contributed by atoms with Crippen molar-refractivity contribution in [2.24, 2.45) is 5.92 Å². The molecule has 0 aliphatic heterocycles. The van der Waals surface area contributed by atoms with E-state index in [2.05, 4.69) is 10.6 Å². The normalized spacial score (nSPS) is 10.9. The standard InChI is InChI=1S/C18H25N3O3/c1-12(2)17(22)19-7-8-20-18(23)16-10-13(3)21(14(16)4)11-15-6-5-9-24-15/h5-6,9-10,12H,7-8,11H2,1-4H3,(H,19,22)(H,20,23). The van der Waals surface area contributed by atoms with Gasteiger partial charge in [-0.1, -0.05) is 13.8 Å². The molecule has 0 spiro atoms. The van der Waals surface area contributed by atoms with E-state index in [-0.39, 0.29) is 17.7 Å². The predicted molar refractivity (Wildman–Crippen MR) is 91.9 cm³/mol. The van der Waals surface area contributed by atoms with E-state index in [9.17, 15) is 9.59 Å². The van der Waals surface area contributed by atoms with Crippen LogP contribution >= 0.6 is 0 Å². The van der Waals surface area contributed by atoms with Crippen LogP contribution in [0.3, 0.4) is 0 Å². The molecule has 130 valence electrons. The summed E-state index contributed by atoms with van der Waals surface area (Å²) in [6, 6.07) is 5.64. The van der Waals surface area contributed by atoms with Gasteiger partial charge in [-0.15, -0.1) is 0 Å². The van der Waals surface area contributed by atoms with Crippen LogP contribution in [0.2, 0.25) is 0 Å². The topological polar surface area (TPSA) is 76.3 Å². The van der Waals surface area contributed by atoms with Crippen molar-refractivity contribution in [2.45, 2.75) is 34.2 Å². The fraction of sp³-hybridized carbons (Fsp3) is 0.444. The summed E-state index contributed by atoms with van der Waals surface area (Å²) in [6.07, 6.45) is 1.64. The minimum atomic E-state index is -0.132. The Labute approximate surface area is 142 Å². The zero-order chi connectivity index (χ0) is 17.7. The van der Waals surface area contributed by atoms with Crippen molar-refractivity contribution in [2.75, 3.05) is 13.1 Å². The summed E-state index contributed by atoms with van der Waals surface area (Å²) in [5, 5.41) is 5.62. The Bertz CT molecular complexity index is 699. The first-order valence-electron chi connectivity index (χ1n) is 8.15. The lowest BCUT2D eigenvalue weighted by Gasteiger charge is -2.10. The van der Waals surface area contributed by atoms with Gasteiger partial charge in [-0.05, 0) is 32.0 Å².